The van der Waals surface area contributed by atoms with Gasteiger partial charge in [0.2, 0.25) is 0 Å². The summed E-state index contributed by atoms with van der Waals surface area (Å²) in [6, 6.07) is 0. The van der Waals surface area contributed by atoms with Crippen molar-refractivity contribution in [1.29, 1.82) is 0 Å². The Hall–Kier alpha value is -0.850. The highest BCUT2D eigenvalue weighted by Crippen LogP contribution is 2.00. The minimum Gasteiger partial charge on any atom is -0.463 e. The Morgan fingerprint density at radius 2 is 0.676 bits per heavy atom. The van der Waals surface area contributed by atoms with E-state index in [4.69, 9.17) is 42.6 Å². The van der Waals surface area contributed by atoms with Crippen LogP contribution in [-0.2, 0) is 47.4 Å². The Bertz CT molecular complexity index is 439. The van der Waals surface area contributed by atoms with Gasteiger partial charge in [0, 0.05) is 13.0 Å². The topological polar surface area (TPSA) is 100 Å². The van der Waals surface area contributed by atoms with Crippen LogP contribution in [0.3, 0.4) is 0 Å². The zero-order valence-electron chi connectivity index (χ0n) is 23.6. The third-order valence-electron chi connectivity index (χ3n) is 4.97. The summed E-state index contributed by atoms with van der Waals surface area (Å²) < 4.78 is 48.6. The molecule has 0 atom stereocenters. The van der Waals surface area contributed by atoms with Crippen LogP contribution in [0.5, 0.6) is 0 Å². The molecule has 0 aromatic rings. The van der Waals surface area contributed by atoms with Gasteiger partial charge in [0.15, 0.2) is 0 Å². The van der Waals surface area contributed by atoms with Gasteiger partial charge in [-0.25, -0.2) is 0 Å². The first-order valence-corrected chi connectivity index (χ1v) is 14.1. The van der Waals surface area contributed by atoms with Crippen molar-refractivity contribution in [3.8, 4) is 0 Å². The molecule has 0 bridgehead atoms. The maximum absolute atomic E-state index is 11.4. The van der Waals surface area contributed by atoms with Crippen molar-refractivity contribution in [2.24, 2.45) is 0 Å². The molecule has 37 heavy (non-hydrogen) atoms. The fourth-order valence-corrected chi connectivity index (χ4v) is 2.90. The lowest BCUT2D eigenvalue weighted by atomic mass is 10.2. The van der Waals surface area contributed by atoms with Crippen LogP contribution >= 0.6 is 0 Å². The van der Waals surface area contributed by atoms with Gasteiger partial charge >= 0.3 is 5.97 Å². The maximum atomic E-state index is 11.4. The molecule has 0 heterocycles. The van der Waals surface area contributed by atoms with E-state index >= 15 is 0 Å². The van der Waals surface area contributed by atoms with Crippen LogP contribution in [0.25, 0.3) is 0 Å². The van der Waals surface area contributed by atoms with Gasteiger partial charge in [-0.1, -0.05) is 39.5 Å². The molecule has 0 rings (SSSR count). The number of rotatable bonds is 32. The van der Waals surface area contributed by atoms with Crippen LogP contribution in [0, 0.1) is 0 Å². The van der Waals surface area contributed by atoms with E-state index in [1.165, 1.54) is 12.8 Å². The molecule has 0 radical (unpaired) electrons. The predicted molar refractivity (Wildman–Crippen MR) is 141 cm³/mol. The molecule has 0 fully saturated rings. The highest BCUT2D eigenvalue weighted by Gasteiger charge is 2.01. The van der Waals surface area contributed by atoms with E-state index in [9.17, 15) is 4.79 Å². The van der Waals surface area contributed by atoms with E-state index in [2.05, 4.69) is 13.8 Å². The summed E-state index contributed by atoms with van der Waals surface area (Å²) in [4.78, 5) is 11.4. The highest BCUT2D eigenvalue weighted by atomic mass is 16.6. The fraction of sp³-hybridized carbons (Fsp3) is 0.963. The van der Waals surface area contributed by atoms with Gasteiger partial charge < -0.3 is 42.6 Å². The minimum atomic E-state index is -0.154. The second kappa shape index (κ2) is 33.2. The van der Waals surface area contributed by atoms with E-state index in [1.807, 2.05) is 0 Å². The number of unbranched alkanes of at least 4 members (excludes halogenated alkanes) is 4. The molecule has 222 valence electrons. The summed E-state index contributed by atoms with van der Waals surface area (Å²) in [7, 11) is 0. The number of carbonyl (C=O) groups excluding carboxylic acids is 1. The smallest absolute Gasteiger partial charge is 0.305 e. The van der Waals surface area contributed by atoms with Crippen molar-refractivity contribution in [3.05, 3.63) is 0 Å². The lowest BCUT2D eigenvalue weighted by Gasteiger charge is -2.09. The lowest BCUT2D eigenvalue weighted by molar-refractivity contribution is -0.145. The molecule has 0 aromatic heterocycles. The molecule has 0 aliphatic heterocycles. The van der Waals surface area contributed by atoms with Crippen molar-refractivity contribution >= 4 is 5.97 Å². The molecule has 0 saturated carbocycles. The zero-order chi connectivity index (χ0) is 26.9. The Morgan fingerprint density at radius 1 is 0.378 bits per heavy atom. The van der Waals surface area contributed by atoms with Crippen molar-refractivity contribution in [2.75, 3.05) is 112 Å². The van der Waals surface area contributed by atoms with Crippen LogP contribution < -0.4 is 0 Å². The van der Waals surface area contributed by atoms with Gasteiger partial charge in [0.25, 0.3) is 0 Å². The standard InChI is InChI=1S/C27H54O10/c1-3-5-7-9-27(28)37-26-25-36-24-23-35-22-21-34-20-19-33-18-17-32-16-15-31-14-13-30-12-11-29-10-8-6-4-2/h3-26H2,1-2H3. The van der Waals surface area contributed by atoms with Gasteiger partial charge in [-0.2, -0.15) is 0 Å². The fourth-order valence-electron chi connectivity index (χ4n) is 2.90. The Kier molecular flexibility index (Phi) is 32.4. The number of ether oxygens (including phenoxy) is 9. The van der Waals surface area contributed by atoms with Crippen LogP contribution in [-0.4, -0.2) is 118 Å². The molecule has 0 spiro atoms. The molecule has 0 aliphatic carbocycles. The van der Waals surface area contributed by atoms with Crippen molar-refractivity contribution < 1.29 is 47.4 Å². The predicted octanol–water partition coefficient (Wildman–Crippen LogP) is 3.43. The summed E-state index contributed by atoms with van der Waals surface area (Å²) in [5, 5.41) is 0. The van der Waals surface area contributed by atoms with E-state index < -0.39 is 0 Å². The van der Waals surface area contributed by atoms with Crippen molar-refractivity contribution in [3.63, 3.8) is 0 Å². The summed E-state index contributed by atoms with van der Waals surface area (Å²) in [5.74, 6) is -0.154. The summed E-state index contributed by atoms with van der Waals surface area (Å²) in [5.41, 5.74) is 0. The van der Waals surface area contributed by atoms with E-state index in [0.29, 0.717) is 106 Å². The largest absolute Gasteiger partial charge is 0.463 e. The minimum absolute atomic E-state index is 0.154. The average molecular weight is 539 g/mol. The third-order valence-corrected chi connectivity index (χ3v) is 4.97. The number of carbonyl (C=O) groups is 1. The first-order chi connectivity index (χ1) is 18.3. The normalized spacial score (nSPS) is 11.3. The molecule has 10 nitrogen and oxygen atoms in total. The second-order valence-corrected chi connectivity index (χ2v) is 8.28. The van der Waals surface area contributed by atoms with Gasteiger partial charge in [-0.15, -0.1) is 0 Å². The first-order valence-electron chi connectivity index (χ1n) is 14.1. The summed E-state index contributed by atoms with van der Waals surface area (Å²) >= 11 is 0. The van der Waals surface area contributed by atoms with Crippen LogP contribution in [0.1, 0.15) is 58.8 Å². The molecule has 0 aromatic carbocycles. The van der Waals surface area contributed by atoms with E-state index in [1.54, 1.807) is 0 Å². The van der Waals surface area contributed by atoms with E-state index in [0.717, 1.165) is 32.3 Å². The monoisotopic (exact) mass is 538 g/mol. The van der Waals surface area contributed by atoms with Crippen LogP contribution in [0.2, 0.25) is 0 Å². The van der Waals surface area contributed by atoms with Crippen molar-refractivity contribution in [2.45, 2.75) is 58.8 Å². The first kappa shape index (κ1) is 36.1. The Labute approximate surface area is 224 Å². The molecule has 0 aliphatic rings. The highest BCUT2D eigenvalue weighted by molar-refractivity contribution is 5.69. The maximum Gasteiger partial charge on any atom is 0.305 e. The Balaban J connectivity index is 3.06. The SMILES string of the molecule is CCCCCOCCOCCOCCOCCOCCOCCOCCOCCOC(=O)CCCCC. The van der Waals surface area contributed by atoms with Gasteiger partial charge in [-0.3, -0.25) is 4.79 Å². The number of esters is 1. The van der Waals surface area contributed by atoms with Gasteiger partial charge in [0.05, 0.1) is 99.1 Å². The quantitative estimate of drug-likeness (QED) is 0.0935. The van der Waals surface area contributed by atoms with E-state index in [-0.39, 0.29) is 12.6 Å². The summed E-state index contributed by atoms with van der Waals surface area (Å²) in [6.07, 6.45) is 7.06. The molecule has 0 amide bonds. The Morgan fingerprint density at radius 3 is 1.03 bits per heavy atom. The van der Waals surface area contributed by atoms with Crippen molar-refractivity contribution in [1.82, 2.24) is 0 Å². The molecule has 0 saturated heterocycles. The molecular weight excluding hydrogens is 484 g/mol. The summed E-state index contributed by atoms with van der Waals surface area (Å²) in [6.45, 7) is 13.2. The van der Waals surface area contributed by atoms with Gasteiger partial charge in [-0.05, 0) is 12.8 Å². The molecule has 10 heteroatoms. The average Bonchev–Trinajstić information content (AvgIpc) is 2.90. The van der Waals surface area contributed by atoms with Crippen LogP contribution in [0.15, 0.2) is 0 Å². The lowest BCUT2D eigenvalue weighted by Crippen LogP contribution is -2.15. The third kappa shape index (κ3) is 33.1. The zero-order valence-corrected chi connectivity index (χ0v) is 23.6. The number of hydrogen-bond acceptors (Lipinski definition) is 10. The molecule has 0 unspecified atom stereocenters. The molecular formula is C27H54O10. The molecule has 0 N–H and O–H groups in total. The van der Waals surface area contributed by atoms with Gasteiger partial charge in [0.1, 0.15) is 6.61 Å². The van der Waals surface area contributed by atoms with Crippen LogP contribution in [0.4, 0.5) is 0 Å². The second-order valence-electron chi connectivity index (χ2n) is 8.28. The number of hydrogen-bond donors (Lipinski definition) is 0.